The first-order valence-electron chi connectivity index (χ1n) is 10.8. The van der Waals surface area contributed by atoms with Crippen LogP contribution < -0.4 is 19.6 Å². The number of aromatic nitrogens is 1. The molecule has 8 heteroatoms. The minimum atomic E-state index is -0.734. The second-order valence-electron chi connectivity index (χ2n) is 7.72. The topological polar surface area (TPSA) is 69.9 Å². The van der Waals surface area contributed by atoms with E-state index in [0.29, 0.717) is 26.4 Å². The van der Waals surface area contributed by atoms with Gasteiger partial charge in [0.1, 0.15) is 11.8 Å². The summed E-state index contributed by atoms with van der Waals surface area (Å²) in [5.41, 5.74) is 1.40. The zero-order valence-corrected chi connectivity index (χ0v) is 20.5. The fourth-order valence-corrected chi connectivity index (χ4v) is 6.07. The van der Waals surface area contributed by atoms with Crippen molar-refractivity contribution >= 4 is 45.5 Å². The Kier molecular flexibility index (Phi) is 5.93. The number of rotatable bonds is 5. The van der Waals surface area contributed by atoms with Crippen LogP contribution in [0.2, 0.25) is 0 Å². The molecule has 0 spiro atoms. The number of benzene rings is 2. The van der Waals surface area contributed by atoms with Crippen LogP contribution in [0.3, 0.4) is 0 Å². The van der Waals surface area contributed by atoms with Gasteiger partial charge in [-0.05, 0) is 48.2 Å². The summed E-state index contributed by atoms with van der Waals surface area (Å²) in [4.78, 5) is 33.1. The SMILES string of the molecule is CCOC(=O)C1=C(C)N=c2sc(=Cc3cccs3)c(=O)n2[C@H]1c1c(OC)ccc2ccccc12. The van der Waals surface area contributed by atoms with Crippen molar-refractivity contribution in [2.45, 2.75) is 19.9 Å². The number of hydrogen-bond acceptors (Lipinski definition) is 7. The van der Waals surface area contributed by atoms with E-state index in [2.05, 4.69) is 4.99 Å². The lowest BCUT2D eigenvalue weighted by molar-refractivity contribution is -0.139. The summed E-state index contributed by atoms with van der Waals surface area (Å²) >= 11 is 2.87. The first kappa shape index (κ1) is 22.3. The highest BCUT2D eigenvalue weighted by molar-refractivity contribution is 7.11. The van der Waals surface area contributed by atoms with Gasteiger partial charge in [0.25, 0.3) is 5.56 Å². The number of hydrogen-bond donors (Lipinski definition) is 0. The van der Waals surface area contributed by atoms with Gasteiger partial charge in [0.05, 0.1) is 29.5 Å². The maximum atomic E-state index is 13.8. The van der Waals surface area contributed by atoms with Crippen LogP contribution in [0, 0.1) is 0 Å². The molecule has 0 amide bonds. The number of thiazole rings is 1. The molecular weight excluding hydrogens is 468 g/mol. The Labute approximate surface area is 203 Å². The Bertz CT molecular complexity index is 1610. The van der Waals surface area contributed by atoms with Gasteiger partial charge >= 0.3 is 5.97 Å². The highest BCUT2D eigenvalue weighted by Crippen LogP contribution is 2.40. The number of thiophene rings is 1. The van der Waals surface area contributed by atoms with Gasteiger partial charge in [-0.1, -0.05) is 47.7 Å². The maximum Gasteiger partial charge on any atom is 0.338 e. The second kappa shape index (κ2) is 9.04. The number of carbonyl (C=O) groups excluding carboxylic acids is 1. The molecule has 1 aliphatic rings. The molecule has 0 saturated carbocycles. The molecule has 0 unspecified atom stereocenters. The monoisotopic (exact) mass is 490 g/mol. The van der Waals surface area contributed by atoms with Gasteiger partial charge in [-0.15, -0.1) is 11.3 Å². The first-order chi connectivity index (χ1) is 16.5. The fourth-order valence-electron chi connectivity index (χ4n) is 4.30. The Hall–Kier alpha value is -3.49. The lowest BCUT2D eigenvalue weighted by Gasteiger charge is -2.27. The van der Waals surface area contributed by atoms with Crippen molar-refractivity contribution in [2.75, 3.05) is 13.7 Å². The van der Waals surface area contributed by atoms with Gasteiger partial charge in [-0.2, -0.15) is 0 Å². The molecular formula is C26H22N2O4S2. The van der Waals surface area contributed by atoms with E-state index < -0.39 is 12.0 Å². The molecule has 172 valence electrons. The number of ether oxygens (including phenoxy) is 2. The first-order valence-corrected chi connectivity index (χ1v) is 12.5. The van der Waals surface area contributed by atoms with E-state index in [1.807, 2.05) is 60.0 Å². The second-order valence-corrected chi connectivity index (χ2v) is 9.71. The minimum Gasteiger partial charge on any atom is -0.496 e. The van der Waals surface area contributed by atoms with Crippen LogP contribution in [-0.2, 0) is 9.53 Å². The minimum absolute atomic E-state index is 0.202. The number of carbonyl (C=O) groups is 1. The van der Waals surface area contributed by atoms with E-state index in [0.717, 1.165) is 21.2 Å². The van der Waals surface area contributed by atoms with E-state index in [4.69, 9.17) is 9.47 Å². The third-order valence-corrected chi connectivity index (χ3v) is 7.56. The van der Waals surface area contributed by atoms with E-state index in [-0.39, 0.29) is 12.2 Å². The lowest BCUT2D eigenvalue weighted by Crippen LogP contribution is -2.40. The normalized spacial score (nSPS) is 15.9. The smallest absolute Gasteiger partial charge is 0.338 e. The Morgan fingerprint density at radius 2 is 2.00 bits per heavy atom. The number of methoxy groups -OCH3 is 1. The van der Waals surface area contributed by atoms with E-state index in [1.54, 1.807) is 36.9 Å². The maximum absolute atomic E-state index is 13.8. The molecule has 1 atom stereocenters. The molecule has 2 aromatic heterocycles. The third-order valence-electron chi connectivity index (χ3n) is 5.76. The molecule has 0 N–H and O–H groups in total. The van der Waals surface area contributed by atoms with Gasteiger partial charge in [-0.3, -0.25) is 9.36 Å². The molecule has 0 saturated heterocycles. The zero-order valence-electron chi connectivity index (χ0n) is 18.9. The van der Waals surface area contributed by atoms with Crippen LogP contribution in [0.25, 0.3) is 16.8 Å². The summed E-state index contributed by atoms with van der Waals surface area (Å²) in [6, 6.07) is 14.9. The summed E-state index contributed by atoms with van der Waals surface area (Å²) in [6.07, 6.45) is 1.87. The summed E-state index contributed by atoms with van der Waals surface area (Å²) in [6.45, 7) is 3.77. The molecule has 2 aromatic carbocycles. The average Bonchev–Trinajstić information content (AvgIpc) is 3.45. The standard InChI is InChI=1S/C26H22N2O4S2/c1-4-32-25(30)21-15(2)27-26-28(24(29)20(34-26)14-17-9-7-13-33-17)23(21)22-18-10-6-5-8-16(18)11-12-19(22)31-3/h5-14,23H,4H2,1-3H3/t23-/m1/s1. The number of esters is 1. The van der Waals surface area contributed by atoms with Crippen LogP contribution in [0.4, 0.5) is 0 Å². The predicted molar refractivity (Wildman–Crippen MR) is 135 cm³/mol. The van der Waals surface area contributed by atoms with Crippen molar-refractivity contribution in [3.63, 3.8) is 0 Å². The molecule has 6 nitrogen and oxygen atoms in total. The molecule has 1 aliphatic heterocycles. The van der Waals surface area contributed by atoms with Crippen LogP contribution in [0.15, 0.2) is 75.0 Å². The molecule has 0 aliphatic carbocycles. The largest absolute Gasteiger partial charge is 0.496 e. The van der Waals surface area contributed by atoms with Gasteiger partial charge in [0.15, 0.2) is 4.80 Å². The van der Waals surface area contributed by atoms with Gasteiger partial charge in [-0.25, -0.2) is 9.79 Å². The van der Waals surface area contributed by atoms with E-state index in [9.17, 15) is 9.59 Å². The Morgan fingerprint density at radius 1 is 1.18 bits per heavy atom. The number of nitrogens with zero attached hydrogens (tertiary/aromatic N) is 2. The van der Waals surface area contributed by atoms with Crippen LogP contribution in [-0.4, -0.2) is 24.3 Å². The number of allylic oxidation sites excluding steroid dienone is 1. The highest BCUT2D eigenvalue weighted by atomic mass is 32.1. The quantitative estimate of drug-likeness (QED) is 0.396. The van der Waals surface area contributed by atoms with Gasteiger partial charge in [0, 0.05) is 10.4 Å². The van der Waals surface area contributed by atoms with Crippen molar-refractivity contribution in [1.82, 2.24) is 4.57 Å². The lowest BCUT2D eigenvalue weighted by atomic mass is 9.90. The molecule has 4 aromatic rings. The van der Waals surface area contributed by atoms with Gasteiger partial charge < -0.3 is 9.47 Å². The highest BCUT2D eigenvalue weighted by Gasteiger charge is 2.36. The summed E-state index contributed by atoms with van der Waals surface area (Å²) in [5.74, 6) is 0.101. The summed E-state index contributed by atoms with van der Waals surface area (Å²) in [5, 5.41) is 3.85. The average molecular weight is 491 g/mol. The van der Waals surface area contributed by atoms with Crippen LogP contribution >= 0.6 is 22.7 Å². The molecule has 0 radical (unpaired) electrons. The Morgan fingerprint density at radius 3 is 2.74 bits per heavy atom. The summed E-state index contributed by atoms with van der Waals surface area (Å²) in [7, 11) is 1.59. The molecule has 0 fully saturated rings. The van der Waals surface area contributed by atoms with E-state index >= 15 is 0 Å². The Balaban J connectivity index is 1.87. The van der Waals surface area contributed by atoms with Crippen molar-refractivity contribution in [2.24, 2.45) is 4.99 Å². The predicted octanol–water partition coefficient (Wildman–Crippen LogP) is 4.02. The third kappa shape index (κ3) is 3.69. The molecule has 34 heavy (non-hydrogen) atoms. The van der Waals surface area contributed by atoms with Crippen molar-refractivity contribution in [3.8, 4) is 5.75 Å². The van der Waals surface area contributed by atoms with Crippen molar-refractivity contribution in [1.29, 1.82) is 0 Å². The van der Waals surface area contributed by atoms with E-state index in [1.165, 1.54) is 11.3 Å². The zero-order chi connectivity index (χ0) is 23.8. The van der Waals surface area contributed by atoms with Crippen LogP contribution in [0.5, 0.6) is 5.75 Å². The molecule has 5 rings (SSSR count). The summed E-state index contributed by atoms with van der Waals surface area (Å²) < 4.78 is 13.3. The molecule has 3 heterocycles. The molecule has 0 bridgehead atoms. The van der Waals surface area contributed by atoms with Crippen molar-refractivity contribution < 1.29 is 14.3 Å². The van der Waals surface area contributed by atoms with Crippen molar-refractivity contribution in [3.05, 3.63) is 95.3 Å². The number of fused-ring (bicyclic) bond motifs is 2. The fraction of sp³-hybridized carbons (Fsp3) is 0.192. The van der Waals surface area contributed by atoms with Gasteiger partial charge in [0.2, 0.25) is 0 Å². The van der Waals surface area contributed by atoms with Crippen LogP contribution in [0.1, 0.15) is 30.3 Å².